The van der Waals surface area contributed by atoms with Gasteiger partial charge in [-0.1, -0.05) is 17.7 Å². The van der Waals surface area contributed by atoms with Crippen LogP contribution >= 0.6 is 0 Å². The van der Waals surface area contributed by atoms with E-state index in [1.165, 1.54) is 30.3 Å². The number of aromatic nitrogens is 2. The molecule has 0 bridgehead atoms. The molecule has 1 aliphatic rings. The van der Waals surface area contributed by atoms with Gasteiger partial charge in [-0.25, -0.2) is 17.7 Å². The second-order valence-corrected chi connectivity index (χ2v) is 8.44. The summed E-state index contributed by atoms with van der Waals surface area (Å²) >= 11 is 0. The van der Waals surface area contributed by atoms with Crippen molar-refractivity contribution in [2.75, 3.05) is 4.31 Å². The van der Waals surface area contributed by atoms with Crippen molar-refractivity contribution in [1.82, 2.24) is 9.55 Å². The summed E-state index contributed by atoms with van der Waals surface area (Å²) in [6.07, 6.45) is -4.87. The number of rotatable bonds is 3. The zero-order valence-electron chi connectivity index (χ0n) is 14.8. The van der Waals surface area contributed by atoms with Gasteiger partial charge in [0.1, 0.15) is 0 Å². The van der Waals surface area contributed by atoms with Crippen LogP contribution in [0.4, 0.5) is 24.8 Å². The molecule has 0 saturated heterocycles. The summed E-state index contributed by atoms with van der Waals surface area (Å²) in [4.78, 5) is 14.1. The Labute approximate surface area is 162 Å². The van der Waals surface area contributed by atoms with Crippen LogP contribution in [0.15, 0.2) is 47.4 Å². The van der Waals surface area contributed by atoms with Crippen LogP contribution in [0, 0.1) is 17.0 Å². The number of hydrogen-bond donors (Lipinski definition) is 0. The fourth-order valence-corrected chi connectivity index (χ4v) is 4.86. The average Bonchev–Trinajstić information content (AvgIpc) is 3.17. The van der Waals surface area contributed by atoms with Gasteiger partial charge in [0.05, 0.1) is 27.4 Å². The smallest absolute Gasteiger partial charge is 0.307 e. The van der Waals surface area contributed by atoms with E-state index >= 15 is 0 Å². The maximum Gasteiger partial charge on any atom is 0.411 e. The maximum atomic E-state index is 13.7. The summed E-state index contributed by atoms with van der Waals surface area (Å²) in [5, 5.41) is 11.0. The molecule has 0 aliphatic carbocycles. The number of nitro benzene ring substituents is 1. The second kappa shape index (κ2) is 6.17. The summed E-state index contributed by atoms with van der Waals surface area (Å²) in [7, 11) is -4.58. The average molecular weight is 426 g/mol. The Balaban J connectivity index is 1.93. The van der Waals surface area contributed by atoms with E-state index in [9.17, 15) is 31.7 Å². The van der Waals surface area contributed by atoms with Gasteiger partial charge in [-0.2, -0.15) is 13.2 Å². The molecule has 1 unspecified atom stereocenters. The molecule has 8 nitrogen and oxygen atoms in total. The predicted octanol–water partition coefficient (Wildman–Crippen LogP) is 3.39. The van der Waals surface area contributed by atoms with Crippen LogP contribution in [0.1, 0.15) is 5.56 Å². The Kier molecular flexibility index (Phi) is 4.08. The molecule has 0 amide bonds. The van der Waals surface area contributed by atoms with E-state index in [1.807, 2.05) is 0 Å². The standard InChI is InChI=1S/C17H13F3N4O4S/c1-10-2-5-12(6-3-10)29(27,28)23-15(17(18,19)20)9-22-14-8-11(24(25)26)4-7-13(14)21-16(22)23/h2-8,15H,9H2,1H3. The molecule has 152 valence electrons. The topological polar surface area (TPSA) is 98.3 Å². The lowest BCUT2D eigenvalue weighted by molar-refractivity contribution is -0.384. The van der Waals surface area contributed by atoms with Gasteiger partial charge in [-0.05, 0) is 25.1 Å². The largest absolute Gasteiger partial charge is 0.411 e. The Morgan fingerprint density at radius 1 is 1.17 bits per heavy atom. The summed E-state index contributed by atoms with van der Waals surface area (Å²) in [5.74, 6) is -0.427. The number of fused-ring (bicyclic) bond motifs is 3. The molecule has 29 heavy (non-hydrogen) atoms. The molecule has 1 atom stereocenters. The van der Waals surface area contributed by atoms with Crippen molar-refractivity contribution >= 4 is 32.7 Å². The van der Waals surface area contributed by atoms with Crippen LogP contribution in [0.2, 0.25) is 0 Å². The van der Waals surface area contributed by atoms with Crippen LogP contribution in [0.5, 0.6) is 0 Å². The predicted molar refractivity (Wildman–Crippen MR) is 97.1 cm³/mol. The van der Waals surface area contributed by atoms with Gasteiger partial charge in [0.2, 0.25) is 5.95 Å². The Hall–Kier alpha value is -3.15. The van der Waals surface area contributed by atoms with Crippen LogP contribution < -0.4 is 4.31 Å². The van der Waals surface area contributed by atoms with Gasteiger partial charge in [0.25, 0.3) is 15.7 Å². The number of imidazole rings is 1. The van der Waals surface area contributed by atoms with Crippen LogP contribution in [0.3, 0.4) is 0 Å². The molecule has 0 saturated carbocycles. The second-order valence-electron chi connectivity index (χ2n) is 6.62. The lowest BCUT2D eigenvalue weighted by Gasteiger charge is -2.26. The Bertz CT molecular complexity index is 1240. The van der Waals surface area contributed by atoms with Gasteiger partial charge < -0.3 is 4.57 Å². The maximum absolute atomic E-state index is 13.7. The number of halogens is 3. The first-order valence-electron chi connectivity index (χ1n) is 8.32. The number of anilines is 1. The van der Waals surface area contributed by atoms with Crippen molar-refractivity contribution in [3.05, 3.63) is 58.1 Å². The first-order chi connectivity index (χ1) is 13.5. The minimum Gasteiger partial charge on any atom is -0.307 e. The zero-order valence-corrected chi connectivity index (χ0v) is 15.6. The van der Waals surface area contributed by atoms with Crippen LogP contribution in [-0.4, -0.2) is 35.1 Å². The molecule has 2 aromatic carbocycles. The molecule has 0 fully saturated rings. The molecule has 0 radical (unpaired) electrons. The van der Waals surface area contributed by atoms with Crippen molar-refractivity contribution in [3.8, 4) is 0 Å². The Morgan fingerprint density at radius 2 is 1.83 bits per heavy atom. The van der Waals surface area contributed by atoms with Crippen molar-refractivity contribution < 1.29 is 26.5 Å². The number of alkyl halides is 3. The molecule has 0 spiro atoms. The number of nitro groups is 1. The zero-order chi connectivity index (χ0) is 21.1. The first kappa shape index (κ1) is 19.2. The van der Waals surface area contributed by atoms with Crippen molar-refractivity contribution in [3.63, 3.8) is 0 Å². The number of benzene rings is 2. The van der Waals surface area contributed by atoms with Crippen molar-refractivity contribution in [2.45, 2.75) is 30.6 Å². The number of sulfonamides is 1. The highest BCUT2D eigenvalue weighted by Gasteiger charge is 2.54. The van der Waals surface area contributed by atoms with E-state index in [-0.39, 0.29) is 25.9 Å². The van der Waals surface area contributed by atoms with Gasteiger partial charge in [-0.15, -0.1) is 0 Å². The minimum absolute atomic E-state index is 0.0602. The molecule has 2 heterocycles. The third-order valence-electron chi connectivity index (χ3n) is 4.71. The molecular formula is C17H13F3N4O4S. The molecule has 12 heteroatoms. The number of hydrogen-bond acceptors (Lipinski definition) is 5. The molecule has 1 aromatic heterocycles. The van der Waals surface area contributed by atoms with Gasteiger partial charge in [0.15, 0.2) is 6.04 Å². The van der Waals surface area contributed by atoms with Gasteiger partial charge >= 0.3 is 6.18 Å². The summed E-state index contributed by atoms with van der Waals surface area (Å²) in [5.41, 5.74) is 0.640. The molecule has 1 aliphatic heterocycles. The van der Waals surface area contributed by atoms with E-state index < -0.39 is 39.7 Å². The fraction of sp³-hybridized carbons (Fsp3) is 0.235. The van der Waals surface area contributed by atoms with Gasteiger partial charge in [-0.3, -0.25) is 10.1 Å². The quantitative estimate of drug-likeness (QED) is 0.472. The van der Waals surface area contributed by atoms with Crippen molar-refractivity contribution in [1.29, 1.82) is 0 Å². The minimum atomic E-state index is -4.87. The van der Waals surface area contributed by atoms with Gasteiger partial charge in [0, 0.05) is 12.1 Å². The highest BCUT2D eigenvalue weighted by atomic mass is 32.2. The van der Waals surface area contributed by atoms with E-state index in [4.69, 9.17) is 0 Å². The molecule has 0 N–H and O–H groups in total. The highest BCUT2D eigenvalue weighted by molar-refractivity contribution is 7.92. The summed E-state index contributed by atoms with van der Waals surface area (Å²) in [6.45, 7) is 0.971. The molecule has 3 aromatic rings. The number of aryl methyl sites for hydroxylation is 1. The van der Waals surface area contributed by atoms with Crippen molar-refractivity contribution in [2.24, 2.45) is 0 Å². The van der Waals surface area contributed by atoms with Crippen LogP contribution in [0.25, 0.3) is 11.0 Å². The van der Waals surface area contributed by atoms with E-state index in [0.29, 0.717) is 0 Å². The number of nitrogens with zero attached hydrogens (tertiary/aromatic N) is 4. The molecule has 4 rings (SSSR count). The lowest BCUT2D eigenvalue weighted by Crippen LogP contribution is -2.47. The number of non-ortho nitro benzene ring substituents is 1. The molecular weight excluding hydrogens is 413 g/mol. The fourth-order valence-electron chi connectivity index (χ4n) is 3.28. The first-order valence-corrected chi connectivity index (χ1v) is 9.76. The third kappa shape index (κ3) is 2.99. The lowest BCUT2D eigenvalue weighted by atomic mass is 10.2. The summed E-state index contributed by atoms with van der Waals surface area (Å²) in [6, 6.07) is 6.57. The van der Waals surface area contributed by atoms with E-state index in [0.717, 1.165) is 22.3 Å². The summed E-state index contributed by atoms with van der Waals surface area (Å²) < 4.78 is 68.6. The SMILES string of the molecule is Cc1ccc(S(=O)(=O)N2c3nc4ccc([N+](=O)[O-])cc4n3CC2C(F)(F)F)cc1. The van der Waals surface area contributed by atoms with E-state index in [2.05, 4.69) is 4.98 Å². The Morgan fingerprint density at radius 3 is 2.41 bits per heavy atom. The van der Waals surface area contributed by atoms with Crippen LogP contribution in [-0.2, 0) is 16.6 Å². The highest BCUT2D eigenvalue weighted by Crippen LogP contribution is 2.41. The third-order valence-corrected chi connectivity index (χ3v) is 6.52. The van der Waals surface area contributed by atoms with E-state index in [1.54, 1.807) is 6.92 Å². The monoisotopic (exact) mass is 426 g/mol. The normalized spacial score (nSPS) is 17.0.